The van der Waals surface area contributed by atoms with Gasteiger partial charge >= 0.3 is 0 Å². The van der Waals surface area contributed by atoms with Crippen molar-refractivity contribution in [1.29, 1.82) is 0 Å². The first-order chi connectivity index (χ1) is 9.68. The van der Waals surface area contributed by atoms with E-state index >= 15 is 0 Å². The van der Waals surface area contributed by atoms with Gasteiger partial charge in [0.05, 0.1) is 12.2 Å². The van der Waals surface area contributed by atoms with Crippen molar-refractivity contribution in [2.24, 2.45) is 0 Å². The number of β-amino-alcohol motifs (C(OH)–C–C–N with tert-alkyl or cyclic N) is 1. The highest BCUT2D eigenvalue weighted by molar-refractivity contribution is 5.75. The van der Waals surface area contributed by atoms with Crippen molar-refractivity contribution in [3.05, 3.63) is 30.3 Å². The van der Waals surface area contributed by atoms with E-state index in [9.17, 15) is 9.90 Å². The third-order valence-corrected chi connectivity index (χ3v) is 3.40. The molecule has 5 nitrogen and oxygen atoms in total. The average Bonchev–Trinajstić information content (AvgIpc) is 2.90. The SMILES string of the molecule is O=C(CCCOc1ccccc1)NC[C@@]1(O)CCNC1. The van der Waals surface area contributed by atoms with Gasteiger partial charge < -0.3 is 20.5 Å². The first-order valence-corrected chi connectivity index (χ1v) is 7.06. The van der Waals surface area contributed by atoms with Crippen LogP contribution < -0.4 is 15.4 Å². The fourth-order valence-electron chi connectivity index (χ4n) is 2.17. The van der Waals surface area contributed by atoms with Gasteiger partial charge in [0.15, 0.2) is 0 Å². The summed E-state index contributed by atoms with van der Waals surface area (Å²) >= 11 is 0. The molecule has 5 heteroatoms. The summed E-state index contributed by atoms with van der Waals surface area (Å²) in [6.45, 7) is 2.18. The Hall–Kier alpha value is -1.59. The number of benzene rings is 1. The lowest BCUT2D eigenvalue weighted by molar-refractivity contribution is -0.122. The normalized spacial score (nSPS) is 21.6. The van der Waals surface area contributed by atoms with Gasteiger partial charge in [0.25, 0.3) is 0 Å². The second-order valence-corrected chi connectivity index (χ2v) is 5.19. The molecule has 3 N–H and O–H groups in total. The molecule has 20 heavy (non-hydrogen) atoms. The van der Waals surface area contributed by atoms with Crippen LogP contribution in [0.15, 0.2) is 30.3 Å². The second-order valence-electron chi connectivity index (χ2n) is 5.19. The number of ether oxygens (including phenoxy) is 1. The molecule has 1 aromatic rings. The van der Waals surface area contributed by atoms with Crippen molar-refractivity contribution in [1.82, 2.24) is 10.6 Å². The molecule has 0 bridgehead atoms. The minimum absolute atomic E-state index is 0.0398. The maximum Gasteiger partial charge on any atom is 0.220 e. The Balaban J connectivity index is 1.56. The van der Waals surface area contributed by atoms with Crippen molar-refractivity contribution in [2.45, 2.75) is 24.9 Å². The molecule has 0 aliphatic carbocycles. The maximum absolute atomic E-state index is 11.7. The Kier molecular flexibility index (Phi) is 5.38. The number of aliphatic hydroxyl groups is 1. The van der Waals surface area contributed by atoms with Gasteiger partial charge in [-0.1, -0.05) is 18.2 Å². The molecule has 2 rings (SSSR count). The maximum atomic E-state index is 11.7. The van der Waals surface area contributed by atoms with Crippen LogP contribution in [0.5, 0.6) is 5.75 Å². The Morgan fingerprint density at radius 2 is 2.20 bits per heavy atom. The summed E-state index contributed by atoms with van der Waals surface area (Å²) in [6, 6.07) is 9.55. The molecule has 1 saturated heterocycles. The quantitative estimate of drug-likeness (QED) is 0.642. The molecule has 1 aromatic carbocycles. The number of hydrogen-bond acceptors (Lipinski definition) is 4. The summed E-state index contributed by atoms with van der Waals surface area (Å²) < 4.78 is 5.51. The van der Waals surface area contributed by atoms with E-state index in [4.69, 9.17) is 4.74 Å². The highest BCUT2D eigenvalue weighted by atomic mass is 16.5. The zero-order chi connectivity index (χ0) is 14.3. The lowest BCUT2D eigenvalue weighted by Gasteiger charge is -2.21. The van der Waals surface area contributed by atoms with Crippen LogP contribution in [0.1, 0.15) is 19.3 Å². The van der Waals surface area contributed by atoms with Crippen LogP contribution in [0, 0.1) is 0 Å². The molecule has 1 atom stereocenters. The van der Waals surface area contributed by atoms with E-state index in [-0.39, 0.29) is 5.91 Å². The highest BCUT2D eigenvalue weighted by Crippen LogP contribution is 2.12. The zero-order valence-electron chi connectivity index (χ0n) is 11.6. The van der Waals surface area contributed by atoms with Gasteiger partial charge in [0, 0.05) is 19.5 Å². The number of nitrogens with one attached hydrogen (secondary N) is 2. The number of carbonyl (C=O) groups is 1. The van der Waals surface area contributed by atoms with Crippen molar-refractivity contribution in [2.75, 3.05) is 26.2 Å². The summed E-state index contributed by atoms with van der Waals surface area (Å²) in [4.78, 5) is 11.7. The van der Waals surface area contributed by atoms with Crippen LogP contribution in [-0.4, -0.2) is 42.9 Å². The van der Waals surface area contributed by atoms with Gasteiger partial charge in [-0.05, 0) is 31.5 Å². The fourth-order valence-corrected chi connectivity index (χ4v) is 2.17. The minimum atomic E-state index is -0.782. The number of amides is 1. The Labute approximate surface area is 119 Å². The first-order valence-electron chi connectivity index (χ1n) is 7.06. The predicted molar refractivity (Wildman–Crippen MR) is 76.6 cm³/mol. The largest absolute Gasteiger partial charge is 0.494 e. The van der Waals surface area contributed by atoms with Crippen LogP contribution in [0.2, 0.25) is 0 Å². The molecule has 0 spiro atoms. The highest BCUT2D eigenvalue weighted by Gasteiger charge is 2.30. The molecule has 0 saturated carbocycles. The van der Waals surface area contributed by atoms with Crippen molar-refractivity contribution < 1.29 is 14.6 Å². The van der Waals surface area contributed by atoms with Crippen LogP contribution in [0.3, 0.4) is 0 Å². The van der Waals surface area contributed by atoms with Crippen LogP contribution in [0.4, 0.5) is 0 Å². The van der Waals surface area contributed by atoms with Crippen molar-refractivity contribution in [3.8, 4) is 5.75 Å². The summed E-state index contributed by atoms with van der Waals surface area (Å²) in [5.41, 5.74) is -0.782. The molecule has 0 radical (unpaired) electrons. The monoisotopic (exact) mass is 278 g/mol. The summed E-state index contributed by atoms with van der Waals surface area (Å²) in [6.07, 6.45) is 1.76. The van der Waals surface area contributed by atoms with Crippen LogP contribution in [-0.2, 0) is 4.79 Å². The topological polar surface area (TPSA) is 70.6 Å². The molecule has 1 heterocycles. The number of para-hydroxylation sites is 1. The van der Waals surface area contributed by atoms with Crippen molar-refractivity contribution in [3.63, 3.8) is 0 Å². The minimum Gasteiger partial charge on any atom is -0.494 e. The summed E-state index contributed by atoms with van der Waals surface area (Å²) in [7, 11) is 0. The van der Waals surface area contributed by atoms with E-state index in [2.05, 4.69) is 10.6 Å². The second kappa shape index (κ2) is 7.26. The molecular weight excluding hydrogens is 256 g/mol. The lowest BCUT2D eigenvalue weighted by atomic mass is 10.0. The third kappa shape index (κ3) is 4.83. The van der Waals surface area contributed by atoms with Crippen molar-refractivity contribution >= 4 is 5.91 Å². The third-order valence-electron chi connectivity index (χ3n) is 3.40. The molecule has 1 fully saturated rings. The number of carbonyl (C=O) groups excluding carboxylic acids is 1. The first kappa shape index (κ1) is 14.8. The van der Waals surface area contributed by atoms with Gasteiger partial charge in [-0.3, -0.25) is 4.79 Å². The van der Waals surface area contributed by atoms with Crippen LogP contribution in [0.25, 0.3) is 0 Å². The lowest BCUT2D eigenvalue weighted by Crippen LogP contribution is -2.44. The molecule has 1 aliphatic rings. The number of hydrogen-bond donors (Lipinski definition) is 3. The fraction of sp³-hybridized carbons (Fsp3) is 0.533. The van der Waals surface area contributed by atoms with Gasteiger partial charge in [-0.2, -0.15) is 0 Å². The Morgan fingerprint density at radius 1 is 1.40 bits per heavy atom. The Morgan fingerprint density at radius 3 is 2.90 bits per heavy atom. The predicted octanol–water partition coefficient (Wildman–Crippen LogP) is 0.686. The van der Waals surface area contributed by atoms with E-state index in [0.717, 1.165) is 12.3 Å². The van der Waals surface area contributed by atoms with E-state index < -0.39 is 5.60 Å². The summed E-state index contributed by atoms with van der Waals surface area (Å²) in [5.74, 6) is 0.779. The molecular formula is C15H22N2O3. The smallest absolute Gasteiger partial charge is 0.220 e. The Bertz CT molecular complexity index is 416. The zero-order valence-corrected chi connectivity index (χ0v) is 11.6. The molecule has 1 aliphatic heterocycles. The molecule has 110 valence electrons. The van der Waals surface area contributed by atoms with Gasteiger partial charge in [-0.15, -0.1) is 0 Å². The molecule has 0 unspecified atom stereocenters. The standard InChI is InChI=1S/C15H22N2O3/c18-14(17-12-15(19)8-9-16-11-15)7-4-10-20-13-5-2-1-3-6-13/h1-3,5-6,16,19H,4,7-12H2,(H,17,18)/t15-/m1/s1. The van der Waals surface area contributed by atoms with E-state index in [1.807, 2.05) is 30.3 Å². The van der Waals surface area contributed by atoms with Gasteiger partial charge in [-0.25, -0.2) is 0 Å². The van der Waals surface area contributed by atoms with E-state index in [1.165, 1.54) is 0 Å². The van der Waals surface area contributed by atoms with Crippen LogP contribution >= 0.6 is 0 Å². The average molecular weight is 278 g/mol. The van der Waals surface area contributed by atoms with Gasteiger partial charge in [0.2, 0.25) is 5.91 Å². The van der Waals surface area contributed by atoms with Gasteiger partial charge in [0.1, 0.15) is 5.75 Å². The number of rotatable bonds is 7. The summed E-state index contributed by atoms with van der Waals surface area (Å²) in [5, 5.41) is 15.9. The molecule has 1 amide bonds. The van der Waals surface area contributed by atoms with E-state index in [0.29, 0.717) is 39.0 Å². The molecule has 0 aromatic heterocycles. The van der Waals surface area contributed by atoms with E-state index in [1.54, 1.807) is 0 Å².